The lowest BCUT2D eigenvalue weighted by atomic mass is 9.87. The lowest BCUT2D eigenvalue weighted by Gasteiger charge is -2.25. The van der Waals surface area contributed by atoms with Crippen LogP contribution < -0.4 is 0 Å². The summed E-state index contributed by atoms with van der Waals surface area (Å²) in [4.78, 5) is 14.6. The smallest absolute Gasteiger partial charge is 0.227 e. The molecule has 4 heterocycles. The van der Waals surface area contributed by atoms with E-state index in [4.69, 9.17) is 14.4 Å². The van der Waals surface area contributed by atoms with Crippen LogP contribution in [0.25, 0.3) is 61.0 Å². The first-order valence-corrected chi connectivity index (χ1v) is 14.0. The Balaban J connectivity index is 1.61. The molecule has 0 atom stereocenters. The first-order valence-electron chi connectivity index (χ1n) is 14.0. The number of aromatic nitrogens is 4. The van der Waals surface area contributed by atoms with E-state index >= 15 is 0 Å². The number of aryl methyl sites for hydroxylation is 2. The van der Waals surface area contributed by atoms with Crippen LogP contribution in [0.2, 0.25) is 0 Å². The van der Waals surface area contributed by atoms with Crippen molar-refractivity contribution in [1.82, 2.24) is 19.5 Å². The lowest BCUT2D eigenvalue weighted by molar-refractivity contribution is 0.648. The molecule has 0 radical (unpaired) electrons. The Morgan fingerprint density at radius 1 is 0.775 bits per heavy atom. The number of nitrogens with zero attached hydrogens (tertiary/aromatic N) is 4. The monoisotopic (exact) mass is 524 g/mol. The fourth-order valence-electron chi connectivity index (χ4n) is 6.20. The maximum Gasteiger partial charge on any atom is 0.227 e. The molecule has 0 amide bonds. The standard InChI is InChI=1S/C35H32N4O/c1-19(2)26-16-23-11-7-8-12-25(23)31(20(3)4)32(26)39-30-14-10-9-13-29(30)38-34(39)24-17-28-27-15-21(5)37-22(6)33(27)40-35(28)36-18-24/h7-20H,1-6H3. The van der Waals surface area contributed by atoms with Crippen molar-refractivity contribution in [3.8, 4) is 17.1 Å². The Morgan fingerprint density at radius 3 is 2.35 bits per heavy atom. The van der Waals surface area contributed by atoms with Gasteiger partial charge in [-0.05, 0) is 77.9 Å². The number of imidazole rings is 1. The van der Waals surface area contributed by atoms with Crippen LogP contribution in [0.1, 0.15) is 62.0 Å². The summed E-state index contributed by atoms with van der Waals surface area (Å²) < 4.78 is 8.52. The zero-order chi connectivity index (χ0) is 27.7. The van der Waals surface area contributed by atoms with E-state index in [1.54, 1.807) is 0 Å². The van der Waals surface area contributed by atoms with Gasteiger partial charge in [0.15, 0.2) is 5.58 Å². The highest BCUT2D eigenvalue weighted by molar-refractivity contribution is 6.05. The molecule has 0 N–H and O–H groups in total. The van der Waals surface area contributed by atoms with Gasteiger partial charge in [0.1, 0.15) is 5.82 Å². The SMILES string of the molecule is Cc1cc2c(oc3ncc(-c4nc5ccccc5n4-c4c(C(C)C)cc5ccccc5c4C(C)C)cc32)c(C)n1. The molecule has 4 aromatic heterocycles. The number of para-hydroxylation sites is 2. The molecule has 0 aliphatic rings. The summed E-state index contributed by atoms with van der Waals surface area (Å²) >= 11 is 0. The molecule has 0 spiro atoms. The lowest BCUT2D eigenvalue weighted by Crippen LogP contribution is -2.09. The number of furan rings is 1. The Labute approximate surface area is 233 Å². The van der Waals surface area contributed by atoms with Gasteiger partial charge in [-0.3, -0.25) is 9.55 Å². The van der Waals surface area contributed by atoms with Gasteiger partial charge in [-0.1, -0.05) is 64.1 Å². The summed E-state index contributed by atoms with van der Waals surface area (Å²) in [6.07, 6.45) is 1.89. The van der Waals surface area contributed by atoms with Crippen LogP contribution in [0, 0.1) is 13.8 Å². The van der Waals surface area contributed by atoms with Crippen LogP contribution in [0.3, 0.4) is 0 Å². The second kappa shape index (κ2) is 9.02. The molecular weight excluding hydrogens is 492 g/mol. The van der Waals surface area contributed by atoms with Gasteiger partial charge in [-0.15, -0.1) is 0 Å². The van der Waals surface area contributed by atoms with E-state index in [2.05, 4.69) is 104 Å². The zero-order valence-electron chi connectivity index (χ0n) is 23.8. The molecular formula is C35H32N4O. The van der Waals surface area contributed by atoms with Crippen molar-refractivity contribution in [2.24, 2.45) is 0 Å². The third kappa shape index (κ3) is 3.64. The van der Waals surface area contributed by atoms with Crippen molar-refractivity contribution >= 4 is 43.9 Å². The van der Waals surface area contributed by atoms with Crippen LogP contribution in [0.5, 0.6) is 0 Å². The molecule has 5 heteroatoms. The van der Waals surface area contributed by atoms with Gasteiger partial charge in [0, 0.05) is 28.2 Å². The van der Waals surface area contributed by atoms with E-state index in [0.717, 1.165) is 50.2 Å². The highest BCUT2D eigenvalue weighted by Gasteiger charge is 2.25. The summed E-state index contributed by atoms with van der Waals surface area (Å²) in [5, 5.41) is 4.57. The first-order chi connectivity index (χ1) is 19.3. The fourth-order valence-corrected chi connectivity index (χ4v) is 6.20. The van der Waals surface area contributed by atoms with Gasteiger partial charge in [0.25, 0.3) is 0 Å². The molecule has 5 nitrogen and oxygen atoms in total. The number of benzene rings is 3. The fraction of sp³-hybridized carbons (Fsp3) is 0.229. The average Bonchev–Trinajstić information content (AvgIpc) is 3.50. The predicted molar refractivity (Wildman–Crippen MR) is 165 cm³/mol. The number of rotatable bonds is 4. The van der Waals surface area contributed by atoms with E-state index in [-0.39, 0.29) is 0 Å². The van der Waals surface area contributed by atoms with Crippen LogP contribution in [-0.2, 0) is 0 Å². The minimum Gasteiger partial charge on any atom is -0.436 e. The molecule has 198 valence electrons. The Kier molecular flexibility index (Phi) is 5.53. The van der Waals surface area contributed by atoms with Crippen molar-refractivity contribution in [2.45, 2.75) is 53.4 Å². The number of hydrogen-bond acceptors (Lipinski definition) is 4. The highest BCUT2D eigenvalue weighted by Crippen LogP contribution is 2.41. The van der Waals surface area contributed by atoms with Crippen LogP contribution in [0.4, 0.5) is 0 Å². The Hall–Kier alpha value is -4.51. The summed E-state index contributed by atoms with van der Waals surface area (Å²) in [5.74, 6) is 1.51. The van der Waals surface area contributed by atoms with Crippen LogP contribution in [0.15, 0.2) is 77.3 Å². The van der Waals surface area contributed by atoms with Gasteiger partial charge in [0.05, 0.1) is 22.4 Å². The van der Waals surface area contributed by atoms with E-state index in [0.29, 0.717) is 17.5 Å². The van der Waals surface area contributed by atoms with Crippen molar-refractivity contribution in [3.05, 3.63) is 95.4 Å². The summed E-state index contributed by atoms with van der Waals surface area (Å²) in [6.45, 7) is 13.1. The Bertz CT molecular complexity index is 2090. The van der Waals surface area contributed by atoms with Crippen LogP contribution >= 0.6 is 0 Å². The molecule has 40 heavy (non-hydrogen) atoms. The first kappa shape index (κ1) is 24.5. The van der Waals surface area contributed by atoms with Crippen LogP contribution in [-0.4, -0.2) is 19.5 Å². The molecule has 0 unspecified atom stereocenters. The molecule has 0 fully saturated rings. The summed E-state index contributed by atoms with van der Waals surface area (Å²) in [6, 6.07) is 23.8. The second-order valence-corrected chi connectivity index (χ2v) is 11.4. The Morgan fingerprint density at radius 2 is 1.55 bits per heavy atom. The molecule has 7 aromatic rings. The number of fused-ring (bicyclic) bond motifs is 5. The molecule has 3 aromatic carbocycles. The maximum absolute atomic E-state index is 6.15. The van der Waals surface area contributed by atoms with E-state index < -0.39 is 0 Å². The molecule has 0 saturated carbocycles. The molecule has 0 bridgehead atoms. The highest BCUT2D eigenvalue weighted by atomic mass is 16.3. The maximum atomic E-state index is 6.15. The minimum atomic E-state index is 0.310. The summed E-state index contributed by atoms with van der Waals surface area (Å²) in [5.41, 5.74) is 10.1. The van der Waals surface area contributed by atoms with Crippen molar-refractivity contribution in [2.75, 3.05) is 0 Å². The summed E-state index contributed by atoms with van der Waals surface area (Å²) in [7, 11) is 0. The third-order valence-corrected chi connectivity index (χ3v) is 7.94. The van der Waals surface area contributed by atoms with E-state index in [9.17, 15) is 0 Å². The normalized spacial score (nSPS) is 12.2. The minimum absolute atomic E-state index is 0.310. The third-order valence-electron chi connectivity index (χ3n) is 7.94. The topological polar surface area (TPSA) is 56.7 Å². The quantitative estimate of drug-likeness (QED) is 0.230. The average molecular weight is 525 g/mol. The number of pyridine rings is 2. The van der Waals surface area contributed by atoms with Crippen molar-refractivity contribution in [3.63, 3.8) is 0 Å². The molecule has 0 aliphatic carbocycles. The van der Waals surface area contributed by atoms with Crippen molar-refractivity contribution < 1.29 is 4.42 Å². The second-order valence-electron chi connectivity index (χ2n) is 11.4. The van der Waals surface area contributed by atoms with Gasteiger partial charge in [0.2, 0.25) is 5.71 Å². The van der Waals surface area contributed by atoms with E-state index in [1.807, 2.05) is 20.0 Å². The van der Waals surface area contributed by atoms with Crippen molar-refractivity contribution in [1.29, 1.82) is 0 Å². The van der Waals surface area contributed by atoms with Gasteiger partial charge in [-0.2, -0.15) is 0 Å². The van der Waals surface area contributed by atoms with Gasteiger partial charge in [-0.25, -0.2) is 9.97 Å². The number of hydrogen-bond donors (Lipinski definition) is 0. The molecule has 7 rings (SSSR count). The van der Waals surface area contributed by atoms with E-state index in [1.165, 1.54) is 27.6 Å². The molecule has 0 aliphatic heterocycles. The zero-order valence-corrected chi connectivity index (χ0v) is 23.8. The molecule has 0 saturated heterocycles. The predicted octanol–water partition coefficient (Wildman–Crippen LogP) is 9.40. The van der Waals surface area contributed by atoms with Gasteiger partial charge >= 0.3 is 0 Å². The van der Waals surface area contributed by atoms with Gasteiger partial charge < -0.3 is 4.42 Å². The largest absolute Gasteiger partial charge is 0.436 e.